The smallest absolute Gasteiger partial charge is 0.316 e. The largest absolute Gasteiger partial charge is 0.349 e. The summed E-state index contributed by atoms with van der Waals surface area (Å²) in [6, 6.07) is 0.117. The fourth-order valence-corrected chi connectivity index (χ4v) is 1.88. The van der Waals surface area contributed by atoms with Gasteiger partial charge in [-0.1, -0.05) is 0 Å². The molecule has 0 aliphatic carbocycles. The molecule has 0 aromatic heterocycles. The molecule has 5 heteroatoms. The molecular formula is C9H16N4O. The standard InChI is InChI=1S/C9H16N4O/c1-9(2,3)13-5-11-7-6(13)4-10-8(14)12-7/h5-7H,4H2,1-3H3,(H2,10,12,14). The Labute approximate surface area is 83.6 Å². The van der Waals surface area contributed by atoms with Crippen LogP contribution in [0, 0.1) is 0 Å². The second kappa shape index (κ2) is 2.87. The third kappa shape index (κ3) is 1.42. The van der Waals surface area contributed by atoms with Crippen LogP contribution < -0.4 is 10.6 Å². The van der Waals surface area contributed by atoms with Crippen molar-refractivity contribution in [2.75, 3.05) is 6.54 Å². The van der Waals surface area contributed by atoms with Crippen molar-refractivity contribution < 1.29 is 4.79 Å². The molecule has 2 aliphatic heterocycles. The van der Waals surface area contributed by atoms with E-state index in [0.29, 0.717) is 6.54 Å². The monoisotopic (exact) mass is 196 g/mol. The molecule has 2 rings (SSSR count). The third-order valence-corrected chi connectivity index (χ3v) is 2.60. The molecule has 78 valence electrons. The number of carbonyl (C=O) groups is 1. The van der Waals surface area contributed by atoms with Crippen LogP contribution in [0.25, 0.3) is 0 Å². The van der Waals surface area contributed by atoms with Crippen LogP contribution in [-0.2, 0) is 0 Å². The van der Waals surface area contributed by atoms with Gasteiger partial charge in [-0.2, -0.15) is 0 Å². The molecule has 2 unspecified atom stereocenters. The van der Waals surface area contributed by atoms with E-state index < -0.39 is 0 Å². The van der Waals surface area contributed by atoms with E-state index in [1.165, 1.54) is 0 Å². The Kier molecular flexibility index (Phi) is 1.90. The summed E-state index contributed by atoms with van der Waals surface area (Å²) in [6.07, 6.45) is 1.76. The lowest BCUT2D eigenvalue weighted by Gasteiger charge is -2.40. The summed E-state index contributed by atoms with van der Waals surface area (Å²) >= 11 is 0. The molecule has 0 radical (unpaired) electrons. The molecule has 0 aromatic rings. The van der Waals surface area contributed by atoms with Gasteiger partial charge in [0.2, 0.25) is 0 Å². The van der Waals surface area contributed by atoms with Crippen LogP contribution >= 0.6 is 0 Å². The second-order valence-electron chi connectivity index (χ2n) is 4.71. The van der Waals surface area contributed by atoms with E-state index in [4.69, 9.17) is 0 Å². The average molecular weight is 196 g/mol. The van der Waals surface area contributed by atoms with E-state index >= 15 is 0 Å². The first-order chi connectivity index (χ1) is 6.48. The van der Waals surface area contributed by atoms with Gasteiger partial charge in [0.1, 0.15) is 6.17 Å². The van der Waals surface area contributed by atoms with Crippen molar-refractivity contribution in [2.24, 2.45) is 4.99 Å². The first kappa shape index (κ1) is 9.30. The number of urea groups is 1. The topological polar surface area (TPSA) is 56.7 Å². The lowest BCUT2D eigenvalue weighted by Crippen LogP contribution is -2.62. The van der Waals surface area contributed by atoms with E-state index in [1.54, 1.807) is 0 Å². The Balaban J connectivity index is 2.13. The SMILES string of the molecule is CC(C)(C)N1C=NC2NC(=O)NCC21. The number of aliphatic imine (C=N–C) groups is 1. The molecule has 2 atom stereocenters. The molecule has 0 bridgehead atoms. The first-order valence-electron chi connectivity index (χ1n) is 4.84. The molecular weight excluding hydrogens is 180 g/mol. The van der Waals surface area contributed by atoms with Crippen molar-refractivity contribution in [3.63, 3.8) is 0 Å². The molecule has 1 saturated heterocycles. The highest BCUT2D eigenvalue weighted by atomic mass is 16.2. The lowest BCUT2D eigenvalue weighted by atomic mass is 10.0. The molecule has 2 amide bonds. The highest BCUT2D eigenvalue weighted by Gasteiger charge is 2.39. The maximum atomic E-state index is 11.0. The summed E-state index contributed by atoms with van der Waals surface area (Å²) in [6.45, 7) is 7.07. The number of amides is 2. The predicted octanol–water partition coefficient (Wildman–Crippen LogP) is 0.136. The van der Waals surface area contributed by atoms with Crippen LogP contribution in [0.1, 0.15) is 20.8 Å². The van der Waals surface area contributed by atoms with Gasteiger partial charge in [0.25, 0.3) is 0 Å². The van der Waals surface area contributed by atoms with Gasteiger partial charge < -0.3 is 15.5 Å². The Morgan fingerprint density at radius 1 is 1.57 bits per heavy atom. The van der Waals surface area contributed by atoms with Gasteiger partial charge in [-0.25, -0.2) is 9.79 Å². The average Bonchev–Trinajstić information content (AvgIpc) is 2.45. The minimum atomic E-state index is -0.126. The van der Waals surface area contributed by atoms with Crippen LogP contribution in [0.4, 0.5) is 4.79 Å². The third-order valence-electron chi connectivity index (χ3n) is 2.60. The summed E-state index contributed by atoms with van der Waals surface area (Å²) in [5.41, 5.74) is 0.0483. The van der Waals surface area contributed by atoms with Crippen LogP contribution in [0.3, 0.4) is 0 Å². The Hall–Kier alpha value is -1.26. The predicted molar refractivity (Wildman–Crippen MR) is 54.2 cm³/mol. The minimum absolute atomic E-state index is 0.0483. The zero-order valence-corrected chi connectivity index (χ0v) is 8.74. The van der Waals surface area contributed by atoms with Crippen molar-refractivity contribution in [3.05, 3.63) is 0 Å². The fourth-order valence-electron chi connectivity index (χ4n) is 1.88. The van der Waals surface area contributed by atoms with Crippen molar-refractivity contribution in [1.29, 1.82) is 0 Å². The molecule has 0 saturated carbocycles. The molecule has 0 aromatic carbocycles. The van der Waals surface area contributed by atoms with Gasteiger partial charge in [0.15, 0.2) is 0 Å². The molecule has 5 nitrogen and oxygen atoms in total. The van der Waals surface area contributed by atoms with Gasteiger partial charge >= 0.3 is 6.03 Å². The summed E-state index contributed by atoms with van der Waals surface area (Å²) in [5, 5.41) is 5.57. The highest BCUT2D eigenvalue weighted by molar-refractivity contribution is 5.76. The molecule has 2 aliphatic rings. The zero-order chi connectivity index (χ0) is 10.3. The first-order valence-corrected chi connectivity index (χ1v) is 4.84. The van der Waals surface area contributed by atoms with E-state index in [9.17, 15) is 4.79 Å². The van der Waals surface area contributed by atoms with E-state index in [1.807, 2.05) is 6.34 Å². The van der Waals surface area contributed by atoms with Crippen LogP contribution in [-0.4, -0.2) is 41.6 Å². The van der Waals surface area contributed by atoms with E-state index in [2.05, 4.69) is 41.3 Å². The van der Waals surface area contributed by atoms with Gasteiger partial charge in [0.05, 0.1) is 12.4 Å². The highest BCUT2D eigenvalue weighted by Crippen LogP contribution is 2.22. The number of nitrogens with one attached hydrogen (secondary N) is 2. The van der Waals surface area contributed by atoms with Crippen LogP contribution in [0.5, 0.6) is 0 Å². The number of rotatable bonds is 0. The molecule has 14 heavy (non-hydrogen) atoms. The van der Waals surface area contributed by atoms with Crippen molar-refractivity contribution in [1.82, 2.24) is 15.5 Å². The maximum Gasteiger partial charge on any atom is 0.316 e. The van der Waals surface area contributed by atoms with E-state index in [-0.39, 0.29) is 23.8 Å². The second-order valence-corrected chi connectivity index (χ2v) is 4.71. The Bertz CT molecular complexity index is 281. The van der Waals surface area contributed by atoms with Crippen molar-refractivity contribution in [3.8, 4) is 0 Å². The normalized spacial score (nSPS) is 31.1. The number of hydrogen-bond acceptors (Lipinski definition) is 3. The van der Waals surface area contributed by atoms with Crippen LogP contribution in [0.15, 0.2) is 4.99 Å². The van der Waals surface area contributed by atoms with Crippen molar-refractivity contribution >= 4 is 12.4 Å². The molecule has 0 spiro atoms. The zero-order valence-electron chi connectivity index (χ0n) is 8.74. The summed E-state index contributed by atoms with van der Waals surface area (Å²) in [4.78, 5) is 17.5. The van der Waals surface area contributed by atoms with Gasteiger partial charge in [-0.15, -0.1) is 0 Å². The maximum absolute atomic E-state index is 11.0. The van der Waals surface area contributed by atoms with Gasteiger partial charge in [-0.05, 0) is 20.8 Å². The van der Waals surface area contributed by atoms with Gasteiger partial charge in [0, 0.05) is 12.1 Å². The summed E-state index contributed by atoms with van der Waals surface area (Å²) < 4.78 is 0. The Morgan fingerprint density at radius 2 is 2.29 bits per heavy atom. The number of fused-ring (bicyclic) bond motifs is 1. The van der Waals surface area contributed by atoms with E-state index in [0.717, 1.165) is 0 Å². The summed E-state index contributed by atoms with van der Waals surface area (Å²) in [5.74, 6) is 0. The quantitative estimate of drug-likeness (QED) is 0.579. The number of carbonyl (C=O) groups excluding carboxylic acids is 1. The molecule has 2 N–H and O–H groups in total. The molecule has 1 fully saturated rings. The van der Waals surface area contributed by atoms with Gasteiger partial charge in [-0.3, -0.25) is 0 Å². The molecule has 2 heterocycles. The fraction of sp³-hybridized carbons (Fsp3) is 0.778. The van der Waals surface area contributed by atoms with Crippen LogP contribution in [0.2, 0.25) is 0 Å². The minimum Gasteiger partial charge on any atom is -0.349 e. The number of nitrogens with zero attached hydrogens (tertiary/aromatic N) is 2. The summed E-state index contributed by atoms with van der Waals surface area (Å²) in [7, 11) is 0. The van der Waals surface area contributed by atoms with Crippen molar-refractivity contribution in [2.45, 2.75) is 38.5 Å². The number of hydrogen-bond donors (Lipinski definition) is 2. The Morgan fingerprint density at radius 3 is 2.93 bits per heavy atom. The lowest BCUT2D eigenvalue weighted by molar-refractivity contribution is 0.153.